The van der Waals surface area contributed by atoms with Crippen LogP contribution in [0.1, 0.15) is 20.8 Å². The molecule has 0 aliphatic rings. The second-order valence-electron chi connectivity index (χ2n) is 2.77. The first kappa shape index (κ1) is 12.8. The van der Waals surface area contributed by atoms with Gasteiger partial charge in [0.2, 0.25) is 5.91 Å². The lowest BCUT2D eigenvalue weighted by Gasteiger charge is -2.12. The average molecular weight is 205 g/mol. The molecule has 0 saturated carbocycles. The Kier molecular flexibility index (Phi) is 8.24. The third-order valence-electron chi connectivity index (χ3n) is 1.42. The van der Waals surface area contributed by atoms with E-state index in [2.05, 4.69) is 12.2 Å². The first-order valence-corrected chi connectivity index (χ1v) is 5.81. The summed E-state index contributed by atoms with van der Waals surface area (Å²) in [6, 6.07) is 0.234. The van der Waals surface area contributed by atoms with Crippen molar-refractivity contribution in [1.29, 1.82) is 0 Å². The summed E-state index contributed by atoms with van der Waals surface area (Å²) in [7, 11) is 0. The van der Waals surface area contributed by atoms with E-state index in [-0.39, 0.29) is 18.6 Å². The molecule has 13 heavy (non-hydrogen) atoms. The Morgan fingerprint density at radius 2 is 2.23 bits per heavy atom. The van der Waals surface area contributed by atoms with E-state index in [1.165, 1.54) is 0 Å². The summed E-state index contributed by atoms with van der Waals surface area (Å²) in [4.78, 5) is 11.1. The quantitative estimate of drug-likeness (QED) is 0.680. The van der Waals surface area contributed by atoms with Gasteiger partial charge in [0.05, 0.1) is 0 Å². The molecule has 0 saturated heterocycles. The van der Waals surface area contributed by atoms with Crippen molar-refractivity contribution in [1.82, 2.24) is 5.32 Å². The molecule has 1 amide bonds. The lowest BCUT2D eigenvalue weighted by Crippen LogP contribution is -2.36. The van der Waals surface area contributed by atoms with Crippen molar-refractivity contribution in [3.05, 3.63) is 0 Å². The Hall–Kier alpha value is -0.220. The molecule has 0 aromatic heterocycles. The van der Waals surface area contributed by atoms with Crippen molar-refractivity contribution in [2.24, 2.45) is 0 Å². The minimum absolute atomic E-state index is 0.0222. The topological polar surface area (TPSA) is 38.3 Å². The Morgan fingerprint density at radius 1 is 1.54 bits per heavy atom. The number of rotatable bonds is 7. The molecule has 1 N–H and O–H groups in total. The molecule has 0 aliphatic carbocycles. The molecule has 1 atom stereocenters. The van der Waals surface area contributed by atoms with Gasteiger partial charge in [-0.25, -0.2) is 0 Å². The van der Waals surface area contributed by atoms with Gasteiger partial charge in [-0.3, -0.25) is 4.79 Å². The summed E-state index contributed by atoms with van der Waals surface area (Å²) < 4.78 is 4.98. The molecule has 0 aromatic rings. The van der Waals surface area contributed by atoms with Crippen LogP contribution in [0.15, 0.2) is 0 Å². The molecular formula is C9H19NO2S. The van der Waals surface area contributed by atoms with Crippen molar-refractivity contribution in [2.75, 3.05) is 24.7 Å². The largest absolute Gasteiger partial charge is 0.372 e. The van der Waals surface area contributed by atoms with Crippen molar-refractivity contribution in [2.45, 2.75) is 26.8 Å². The van der Waals surface area contributed by atoms with Gasteiger partial charge >= 0.3 is 0 Å². The summed E-state index contributed by atoms with van der Waals surface area (Å²) in [5, 5.41) is 2.86. The zero-order valence-electron chi connectivity index (χ0n) is 8.63. The highest BCUT2D eigenvalue weighted by atomic mass is 32.2. The number of amides is 1. The number of carbonyl (C=O) groups is 1. The Morgan fingerprint density at radius 3 is 2.77 bits per heavy atom. The van der Waals surface area contributed by atoms with Gasteiger partial charge in [-0.15, -0.1) is 0 Å². The van der Waals surface area contributed by atoms with E-state index in [1.54, 1.807) is 0 Å². The van der Waals surface area contributed by atoms with E-state index in [4.69, 9.17) is 4.74 Å². The van der Waals surface area contributed by atoms with E-state index in [0.29, 0.717) is 6.61 Å². The molecular weight excluding hydrogens is 186 g/mol. The SMILES string of the molecule is CCOCC(=O)NC(C)CSCC. The fourth-order valence-electron chi connectivity index (χ4n) is 0.848. The minimum atomic E-state index is -0.0222. The summed E-state index contributed by atoms with van der Waals surface area (Å²) in [6.45, 7) is 6.76. The van der Waals surface area contributed by atoms with Crippen molar-refractivity contribution in [3.63, 3.8) is 0 Å². The smallest absolute Gasteiger partial charge is 0.246 e. The number of ether oxygens (including phenoxy) is 1. The Labute approximate surface area is 84.6 Å². The Balaban J connectivity index is 3.41. The normalized spacial score (nSPS) is 12.5. The van der Waals surface area contributed by atoms with Crippen molar-refractivity contribution in [3.8, 4) is 0 Å². The zero-order chi connectivity index (χ0) is 10.1. The maximum Gasteiger partial charge on any atom is 0.246 e. The number of hydrogen-bond donors (Lipinski definition) is 1. The molecule has 0 radical (unpaired) electrons. The van der Waals surface area contributed by atoms with Gasteiger partial charge < -0.3 is 10.1 Å². The highest BCUT2D eigenvalue weighted by Gasteiger charge is 2.05. The lowest BCUT2D eigenvalue weighted by atomic mass is 10.4. The van der Waals surface area contributed by atoms with Crippen molar-refractivity contribution < 1.29 is 9.53 Å². The predicted molar refractivity (Wildman–Crippen MR) is 57.1 cm³/mol. The molecule has 3 nitrogen and oxygen atoms in total. The first-order valence-electron chi connectivity index (χ1n) is 4.65. The number of hydrogen-bond acceptors (Lipinski definition) is 3. The van der Waals surface area contributed by atoms with E-state index in [1.807, 2.05) is 25.6 Å². The zero-order valence-corrected chi connectivity index (χ0v) is 9.45. The molecule has 0 heterocycles. The molecule has 0 aromatic carbocycles. The first-order chi connectivity index (χ1) is 6.20. The highest BCUT2D eigenvalue weighted by Crippen LogP contribution is 2.00. The second kappa shape index (κ2) is 8.38. The minimum Gasteiger partial charge on any atom is -0.372 e. The van der Waals surface area contributed by atoms with Gasteiger partial charge in [-0.2, -0.15) is 11.8 Å². The van der Waals surface area contributed by atoms with Crippen LogP contribution in [-0.2, 0) is 9.53 Å². The maximum absolute atomic E-state index is 11.1. The maximum atomic E-state index is 11.1. The van der Waals surface area contributed by atoms with Gasteiger partial charge in [0.25, 0.3) is 0 Å². The van der Waals surface area contributed by atoms with E-state index in [9.17, 15) is 4.79 Å². The summed E-state index contributed by atoms with van der Waals surface area (Å²) in [6.07, 6.45) is 0. The lowest BCUT2D eigenvalue weighted by molar-refractivity contribution is -0.126. The molecule has 1 unspecified atom stereocenters. The molecule has 0 aliphatic heterocycles. The summed E-state index contributed by atoms with van der Waals surface area (Å²) in [5.74, 6) is 2.03. The highest BCUT2D eigenvalue weighted by molar-refractivity contribution is 7.99. The standard InChI is InChI=1S/C9H19NO2S/c1-4-12-6-9(11)10-8(3)7-13-5-2/h8H,4-7H2,1-3H3,(H,10,11). The van der Waals surface area contributed by atoms with Crippen LogP contribution in [0, 0.1) is 0 Å². The van der Waals surface area contributed by atoms with Crippen LogP contribution in [0.25, 0.3) is 0 Å². The van der Waals surface area contributed by atoms with Gasteiger partial charge in [0.15, 0.2) is 0 Å². The van der Waals surface area contributed by atoms with Gasteiger partial charge in [0.1, 0.15) is 6.61 Å². The van der Waals surface area contributed by atoms with Crippen LogP contribution in [0.2, 0.25) is 0 Å². The molecule has 78 valence electrons. The molecule has 0 rings (SSSR count). The second-order valence-corrected chi connectivity index (χ2v) is 4.08. The Bertz CT molecular complexity index is 142. The van der Waals surface area contributed by atoms with Gasteiger partial charge in [-0.1, -0.05) is 6.92 Å². The van der Waals surface area contributed by atoms with Gasteiger partial charge in [-0.05, 0) is 19.6 Å². The van der Waals surface area contributed by atoms with Crippen LogP contribution in [0.3, 0.4) is 0 Å². The van der Waals surface area contributed by atoms with Crippen LogP contribution >= 0.6 is 11.8 Å². The summed E-state index contributed by atoms with van der Waals surface area (Å²) >= 11 is 1.83. The number of thioether (sulfide) groups is 1. The van der Waals surface area contributed by atoms with E-state index in [0.717, 1.165) is 11.5 Å². The summed E-state index contributed by atoms with van der Waals surface area (Å²) in [5.41, 5.74) is 0. The predicted octanol–water partition coefficient (Wildman–Crippen LogP) is 1.28. The third-order valence-corrected chi connectivity index (χ3v) is 2.56. The molecule has 0 fully saturated rings. The van der Waals surface area contributed by atoms with Gasteiger partial charge in [0, 0.05) is 18.4 Å². The van der Waals surface area contributed by atoms with Crippen LogP contribution < -0.4 is 5.32 Å². The molecule has 0 bridgehead atoms. The third kappa shape index (κ3) is 8.12. The van der Waals surface area contributed by atoms with E-state index >= 15 is 0 Å². The fourth-order valence-corrected chi connectivity index (χ4v) is 1.52. The van der Waals surface area contributed by atoms with E-state index < -0.39 is 0 Å². The van der Waals surface area contributed by atoms with Crippen LogP contribution in [0.4, 0.5) is 0 Å². The molecule has 4 heteroatoms. The fraction of sp³-hybridized carbons (Fsp3) is 0.889. The number of carbonyl (C=O) groups excluding carboxylic acids is 1. The number of nitrogens with one attached hydrogen (secondary N) is 1. The van der Waals surface area contributed by atoms with Crippen molar-refractivity contribution >= 4 is 17.7 Å². The molecule has 0 spiro atoms. The average Bonchev–Trinajstić information content (AvgIpc) is 2.11. The van der Waals surface area contributed by atoms with Crippen LogP contribution in [-0.4, -0.2) is 36.7 Å². The van der Waals surface area contributed by atoms with Crippen LogP contribution in [0.5, 0.6) is 0 Å². The monoisotopic (exact) mass is 205 g/mol.